The number of pyridine rings is 1. The molecule has 0 saturated carbocycles. The lowest BCUT2D eigenvalue weighted by Crippen LogP contribution is -1.82. The highest BCUT2D eigenvalue weighted by molar-refractivity contribution is 7.99. The van der Waals surface area contributed by atoms with Crippen LogP contribution in [-0.2, 0) is 0 Å². The van der Waals surface area contributed by atoms with E-state index in [4.69, 9.17) is 0 Å². The molecule has 0 amide bonds. The van der Waals surface area contributed by atoms with Crippen molar-refractivity contribution in [2.24, 2.45) is 0 Å². The van der Waals surface area contributed by atoms with Crippen molar-refractivity contribution in [1.82, 2.24) is 4.98 Å². The van der Waals surface area contributed by atoms with Crippen LogP contribution in [-0.4, -0.2) is 10.7 Å². The largest absolute Gasteiger partial charge is 0.255 e. The monoisotopic (exact) mass is 215 g/mol. The van der Waals surface area contributed by atoms with Crippen molar-refractivity contribution in [1.29, 1.82) is 0 Å². The number of nitrogens with zero attached hydrogens (tertiary/aromatic N) is 1. The van der Waals surface area contributed by atoms with Crippen LogP contribution in [0.1, 0.15) is 6.92 Å². The van der Waals surface area contributed by atoms with Gasteiger partial charge in [-0.15, -0.1) is 11.8 Å². The molecule has 0 radical (unpaired) electrons. The number of hydrogen-bond donors (Lipinski definition) is 0. The van der Waals surface area contributed by atoms with Gasteiger partial charge < -0.3 is 0 Å². The Morgan fingerprint density at radius 1 is 1.40 bits per heavy atom. The van der Waals surface area contributed by atoms with Crippen molar-refractivity contribution >= 4 is 22.7 Å². The summed E-state index contributed by atoms with van der Waals surface area (Å²) < 4.78 is 0. The standard InChI is InChI=1S/C13H13NS/c1-10(2)9-15-12-7-11-5-3-4-6-13(11)14-8-12/h3-8H,1,9H2,2H3. The second-order valence-corrected chi connectivity index (χ2v) is 4.66. The normalized spacial score (nSPS) is 10.5. The maximum absolute atomic E-state index is 4.41. The van der Waals surface area contributed by atoms with Crippen LogP contribution in [0.15, 0.2) is 53.6 Å². The number of para-hydroxylation sites is 1. The van der Waals surface area contributed by atoms with E-state index in [0.717, 1.165) is 11.3 Å². The van der Waals surface area contributed by atoms with Crippen LogP contribution in [0, 0.1) is 0 Å². The molecule has 0 atom stereocenters. The van der Waals surface area contributed by atoms with E-state index >= 15 is 0 Å². The summed E-state index contributed by atoms with van der Waals surface area (Å²) in [4.78, 5) is 5.61. The van der Waals surface area contributed by atoms with Crippen LogP contribution in [0.25, 0.3) is 10.9 Å². The van der Waals surface area contributed by atoms with Crippen LogP contribution in [0.3, 0.4) is 0 Å². The molecule has 0 aliphatic heterocycles. The second kappa shape index (κ2) is 4.49. The van der Waals surface area contributed by atoms with Gasteiger partial charge in [-0.2, -0.15) is 0 Å². The van der Waals surface area contributed by atoms with Gasteiger partial charge in [0.25, 0.3) is 0 Å². The number of fused-ring (bicyclic) bond motifs is 1. The van der Waals surface area contributed by atoms with E-state index < -0.39 is 0 Å². The molecule has 2 heteroatoms. The summed E-state index contributed by atoms with van der Waals surface area (Å²) in [6, 6.07) is 10.3. The molecule has 2 aromatic rings. The van der Waals surface area contributed by atoms with Gasteiger partial charge >= 0.3 is 0 Å². The van der Waals surface area contributed by atoms with E-state index in [0.29, 0.717) is 0 Å². The molecule has 1 aromatic heterocycles. The van der Waals surface area contributed by atoms with Gasteiger partial charge in [0.15, 0.2) is 0 Å². The molecule has 2 rings (SSSR count). The highest BCUT2D eigenvalue weighted by Gasteiger charge is 1.97. The number of rotatable bonds is 3. The third-order valence-corrected chi connectivity index (χ3v) is 3.24. The Labute approximate surface area is 94.2 Å². The van der Waals surface area contributed by atoms with E-state index in [1.807, 2.05) is 31.3 Å². The number of thioether (sulfide) groups is 1. The fourth-order valence-corrected chi connectivity index (χ4v) is 2.09. The van der Waals surface area contributed by atoms with E-state index in [1.54, 1.807) is 11.8 Å². The fourth-order valence-electron chi connectivity index (χ4n) is 1.34. The molecule has 15 heavy (non-hydrogen) atoms. The minimum atomic E-state index is 0.958. The fraction of sp³-hybridized carbons (Fsp3) is 0.154. The van der Waals surface area contributed by atoms with Gasteiger partial charge in [0.05, 0.1) is 5.52 Å². The van der Waals surface area contributed by atoms with Gasteiger partial charge in [0.1, 0.15) is 0 Å². The lowest BCUT2D eigenvalue weighted by Gasteiger charge is -2.02. The molecule has 0 aliphatic carbocycles. The quantitative estimate of drug-likeness (QED) is 0.569. The summed E-state index contributed by atoms with van der Waals surface area (Å²) in [5.74, 6) is 0.958. The van der Waals surface area contributed by atoms with Gasteiger partial charge in [0.2, 0.25) is 0 Å². The number of hydrogen-bond acceptors (Lipinski definition) is 2. The molecule has 0 aliphatic rings. The SMILES string of the molecule is C=C(C)CSc1cnc2ccccc2c1. The minimum Gasteiger partial charge on any atom is -0.255 e. The molecular weight excluding hydrogens is 202 g/mol. The summed E-state index contributed by atoms with van der Waals surface area (Å²) in [5, 5.41) is 1.20. The lowest BCUT2D eigenvalue weighted by atomic mass is 10.2. The molecule has 0 unspecified atom stereocenters. The minimum absolute atomic E-state index is 0.958. The Hall–Kier alpha value is -1.28. The average Bonchev–Trinajstić information content (AvgIpc) is 2.26. The van der Waals surface area contributed by atoms with Crippen molar-refractivity contribution in [2.75, 3.05) is 5.75 Å². The zero-order valence-corrected chi connectivity index (χ0v) is 9.55. The molecular formula is C13H13NS. The van der Waals surface area contributed by atoms with Gasteiger partial charge in [-0.25, -0.2) is 0 Å². The highest BCUT2D eigenvalue weighted by atomic mass is 32.2. The molecule has 0 fully saturated rings. The van der Waals surface area contributed by atoms with Gasteiger partial charge in [-0.1, -0.05) is 30.4 Å². The third-order valence-electron chi connectivity index (χ3n) is 2.05. The molecule has 0 saturated heterocycles. The maximum atomic E-state index is 4.41. The van der Waals surface area contributed by atoms with E-state index in [9.17, 15) is 0 Å². The molecule has 76 valence electrons. The first-order valence-corrected chi connectivity index (χ1v) is 5.86. The van der Waals surface area contributed by atoms with Gasteiger partial charge in [-0.3, -0.25) is 4.98 Å². The summed E-state index contributed by atoms with van der Waals surface area (Å²) in [5.41, 5.74) is 2.24. The predicted molar refractivity (Wildman–Crippen MR) is 67.3 cm³/mol. The Bertz CT molecular complexity index is 491. The Morgan fingerprint density at radius 2 is 2.20 bits per heavy atom. The van der Waals surface area contributed by atoms with Crippen molar-refractivity contribution in [3.63, 3.8) is 0 Å². The number of benzene rings is 1. The Balaban J connectivity index is 2.26. The molecule has 1 heterocycles. The molecule has 0 spiro atoms. The van der Waals surface area contributed by atoms with Crippen LogP contribution in [0.5, 0.6) is 0 Å². The van der Waals surface area contributed by atoms with Crippen LogP contribution < -0.4 is 0 Å². The Kier molecular flexibility index (Phi) is 3.07. The maximum Gasteiger partial charge on any atom is 0.0702 e. The summed E-state index contributed by atoms with van der Waals surface area (Å²) >= 11 is 1.78. The zero-order valence-electron chi connectivity index (χ0n) is 8.73. The first-order chi connectivity index (χ1) is 7.25. The topological polar surface area (TPSA) is 12.9 Å². The van der Waals surface area contributed by atoms with Gasteiger partial charge in [0, 0.05) is 22.2 Å². The summed E-state index contributed by atoms with van der Waals surface area (Å²) in [6.07, 6.45) is 1.93. The number of aromatic nitrogens is 1. The van der Waals surface area contributed by atoms with Gasteiger partial charge in [-0.05, 0) is 19.1 Å². The van der Waals surface area contributed by atoms with E-state index in [2.05, 4.69) is 23.7 Å². The second-order valence-electron chi connectivity index (χ2n) is 3.61. The average molecular weight is 215 g/mol. The van der Waals surface area contributed by atoms with Crippen molar-refractivity contribution in [2.45, 2.75) is 11.8 Å². The van der Waals surface area contributed by atoms with Crippen molar-refractivity contribution in [3.8, 4) is 0 Å². The highest BCUT2D eigenvalue weighted by Crippen LogP contribution is 2.22. The molecule has 1 aromatic carbocycles. The lowest BCUT2D eigenvalue weighted by molar-refractivity contribution is 1.30. The molecule has 0 bridgehead atoms. The van der Waals surface area contributed by atoms with E-state index in [-0.39, 0.29) is 0 Å². The predicted octanol–water partition coefficient (Wildman–Crippen LogP) is 3.90. The van der Waals surface area contributed by atoms with E-state index in [1.165, 1.54) is 15.9 Å². The van der Waals surface area contributed by atoms with Crippen LogP contribution in [0.2, 0.25) is 0 Å². The molecule has 0 N–H and O–H groups in total. The third kappa shape index (κ3) is 2.60. The smallest absolute Gasteiger partial charge is 0.0702 e. The van der Waals surface area contributed by atoms with Crippen LogP contribution >= 0.6 is 11.8 Å². The Morgan fingerprint density at radius 3 is 3.00 bits per heavy atom. The summed E-state index contributed by atoms with van der Waals surface area (Å²) in [7, 11) is 0. The zero-order chi connectivity index (χ0) is 10.7. The van der Waals surface area contributed by atoms with Crippen LogP contribution in [0.4, 0.5) is 0 Å². The van der Waals surface area contributed by atoms with Crippen molar-refractivity contribution in [3.05, 3.63) is 48.7 Å². The summed E-state index contributed by atoms with van der Waals surface area (Å²) in [6.45, 7) is 5.93. The first-order valence-electron chi connectivity index (χ1n) is 4.88. The van der Waals surface area contributed by atoms with Crippen molar-refractivity contribution < 1.29 is 0 Å². The molecule has 1 nitrogen and oxygen atoms in total. The first kappa shape index (κ1) is 10.2.